The molecule has 1 aromatic heterocycles. The average Bonchev–Trinajstić information content (AvgIpc) is 2.80. The molecule has 0 spiro atoms. The van der Waals surface area contributed by atoms with Crippen LogP contribution in [0.25, 0.3) is 11.4 Å². The van der Waals surface area contributed by atoms with Gasteiger partial charge < -0.3 is 14.4 Å². The highest BCUT2D eigenvalue weighted by Gasteiger charge is 2.16. The smallest absolute Gasteiger partial charge is 0.397 e. The van der Waals surface area contributed by atoms with Gasteiger partial charge in [-0.3, -0.25) is 0 Å². The van der Waals surface area contributed by atoms with Crippen LogP contribution < -0.4 is 0 Å². The van der Waals surface area contributed by atoms with Crippen LogP contribution in [0.4, 0.5) is 0 Å². The molecule has 0 saturated heterocycles. The fourth-order valence-corrected chi connectivity index (χ4v) is 1.23. The first-order chi connectivity index (χ1) is 8.20. The lowest BCUT2D eigenvalue weighted by atomic mass is 10.2. The molecule has 1 heterocycles. The molecule has 0 bridgehead atoms. The van der Waals surface area contributed by atoms with Crippen LogP contribution in [0.2, 0.25) is 0 Å². The van der Waals surface area contributed by atoms with Crippen LogP contribution in [0.3, 0.4) is 0 Å². The van der Waals surface area contributed by atoms with Gasteiger partial charge in [-0.05, 0) is 31.2 Å². The maximum atomic E-state index is 11.3. The van der Waals surface area contributed by atoms with E-state index in [1.54, 1.807) is 19.1 Å². The maximum Gasteiger partial charge on any atom is 0.397 e. The molecule has 0 atom stereocenters. The van der Waals surface area contributed by atoms with E-state index in [-0.39, 0.29) is 24.1 Å². The SMILES string of the molecule is CCOC(=O)c1nc(-c2ccc(O)cc2)no1. The Morgan fingerprint density at radius 1 is 1.41 bits per heavy atom. The molecule has 88 valence electrons. The topological polar surface area (TPSA) is 85.5 Å². The molecule has 2 rings (SSSR count). The molecule has 0 radical (unpaired) electrons. The summed E-state index contributed by atoms with van der Waals surface area (Å²) in [6, 6.07) is 6.23. The molecule has 2 aromatic rings. The zero-order valence-corrected chi connectivity index (χ0v) is 9.08. The highest BCUT2D eigenvalue weighted by molar-refractivity contribution is 5.84. The first-order valence-electron chi connectivity index (χ1n) is 5.01. The molecule has 0 amide bonds. The van der Waals surface area contributed by atoms with E-state index in [1.807, 2.05) is 0 Å². The van der Waals surface area contributed by atoms with E-state index in [2.05, 4.69) is 10.1 Å². The average molecular weight is 234 g/mol. The minimum absolute atomic E-state index is 0.142. The monoisotopic (exact) mass is 234 g/mol. The van der Waals surface area contributed by atoms with Crippen LogP contribution in [0.5, 0.6) is 5.75 Å². The van der Waals surface area contributed by atoms with Crippen molar-refractivity contribution in [2.45, 2.75) is 6.92 Å². The van der Waals surface area contributed by atoms with Crippen molar-refractivity contribution in [3.63, 3.8) is 0 Å². The normalized spacial score (nSPS) is 10.2. The zero-order chi connectivity index (χ0) is 12.3. The number of carbonyl (C=O) groups excluding carboxylic acids is 1. The zero-order valence-electron chi connectivity index (χ0n) is 9.08. The Kier molecular flexibility index (Phi) is 3.04. The van der Waals surface area contributed by atoms with Crippen molar-refractivity contribution in [2.24, 2.45) is 0 Å². The number of nitrogens with zero attached hydrogens (tertiary/aromatic N) is 2. The van der Waals surface area contributed by atoms with Crippen molar-refractivity contribution < 1.29 is 19.2 Å². The molecule has 1 N–H and O–H groups in total. The largest absolute Gasteiger partial charge is 0.508 e. The standard InChI is InChI=1S/C11H10N2O4/c1-2-16-11(15)10-12-9(13-17-10)7-3-5-8(14)6-4-7/h3-6,14H,2H2,1H3. The number of hydrogen-bond acceptors (Lipinski definition) is 6. The highest BCUT2D eigenvalue weighted by atomic mass is 16.6. The summed E-state index contributed by atoms with van der Waals surface area (Å²) in [5, 5.41) is 12.8. The fourth-order valence-electron chi connectivity index (χ4n) is 1.23. The third-order valence-corrected chi connectivity index (χ3v) is 2.00. The second kappa shape index (κ2) is 4.65. The number of rotatable bonds is 3. The molecular weight excluding hydrogens is 224 g/mol. The number of phenolic OH excluding ortho intramolecular Hbond substituents is 1. The molecule has 6 nitrogen and oxygen atoms in total. The number of phenols is 1. The first-order valence-corrected chi connectivity index (χ1v) is 5.01. The Morgan fingerprint density at radius 2 is 2.12 bits per heavy atom. The number of esters is 1. The van der Waals surface area contributed by atoms with E-state index in [4.69, 9.17) is 14.4 Å². The van der Waals surface area contributed by atoms with E-state index in [9.17, 15) is 4.79 Å². The van der Waals surface area contributed by atoms with Crippen LogP contribution in [0.1, 0.15) is 17.6 Å². The summed E-state index contributed by atoms with van der Waals surface area (Å²) >= 11 is 0. The van der Waals surface area contributed by atoms with Gasteiger partial charge in [0.15, 0.2) is 0 Å². The Labute approximate surface area is 96.8 Å². The third kappa shape index (κ3) is 2.41. The molecule has 17 heavy (non-hydrogen) atoms. The van der Waals surface area contributed by atoms with Gasteiger partial charge in [0.1, 0.15) is 5.75 Å². The molecule has 0 saturated carbocycles. The van der Waals surface area contributed by atoms with Gasteiger partial charge in [-0.1, -0.05) is 5.16 Å². The van der Waals surface area contributed by atoms with Crippen LogP contribution >= 0.6 is 0 Å². The molecule has 1 aromatic carbocycles. The van der Waals surface area contributed by atoms with Crippen LogP contribution in [-0.4, -0.2) is 27.8 Å². The predicted molar refractivity (Wildman–Crippen MR) is 57.4 cm³/mol. The Balaban J connectivity index is 2.23. The molecular formula is C11H10N2O4. The molecule has 0 aliphatic rings. The molecule has 0 fully saturated rings. The predicted octanol–water partition coefficient (Wildman–Crippen LogP) is 1.62. The number of aromatic hydroxyl groups is 1. The first kappa shape index (κ1) is 11.1. The van der Waals surface area contributed by atoms with Gasteiger partial charge in [-0.15, -0.1) is 0 Å². The Hall–Kier alpha value is -2.37. The molecule has 0 unspecified atom stereocenters. The minimum Gasteiger partial charge on any atom is -0.508 e. The van der Waals surface area contributed by atoms with Gasteiger partial charge in [0.25, 0.3) is 0 Å². The summed E-state index contributed by atoms with van der Waals surface area (Å²) in [5.41, 5.74) is 0.641. The Bertz CT molecular complexity index is 519. The van der Waals surface area contributed by atoms with Crippen LogP contribution in [-0.2, 0) is 4.74 Å². The van der Waals surface area contributed by atoms with E-state index in [0.29, 0.717) is 5.56 Å². The Morgan fingerprint density at radius 3 is 2.76 bits per heavy atom. The second-order valence-electron chi connectivity index (χ2n) is 3.19. The summed E-state index contributed by atoms with van der Waals surface area (Å²) < 4.78 is 9.49. The van der Waals surface area contributed by atoms with Gasteiger partial charge in [0.05, 0.1) is 6.61 Å². The van der Waals surface area contributed by atoms with E-state index >= 15 is 0 Å². The van der Waals surface area contributed by atoms with Gasteiger partial charge in [0.2, 0.25) is 5.82 Å². The number of aromatic nitrogens is 2. The van der Waals surface area contributed by atoms with Crippen molar-refractivity contribution in [3.8, 4) is 17.1 Å². The lowest BCUT2D eigenvalue weighted by Crippen LogP contribution is -2.04. The van der Waals surface area contributed by atoms with Crippen LogP contribution in [0.15, 0.2) is 28.8 Å². The summed E-state index contributed by atoms with van der Waals surface area (Å²) in [6.07, 6.45) is 0. The lowest BCUT2D eigenvalue weighted by Gasteiger charge is -1.94. The third-order valence-electron chi connectivity index (χ3n) is 2.00. The summed E-state index contributed by atoms with van der Waals surface area (Å²) in [7, 11) is 0. The number of benzene rings is 1. The van der Waals surface area contributed by atoms with Crippen molar-refractivity contribution in [1.29, 1.82) is 0 Å². The lowest BCUT2D eigenvalue weighted by molar-refractivity contribution is 0.0470. The van der Waals surface area contributed by atoms with E-state index in [0.717, 1.165) is 0 Å². The maximum absolute atomic E-state index is 11.3. The van der Waals surface area contributed by atoms with Gasteiger partial charge >= 0.3 is 11.9 Å². The van der Waals surface area contributed by atoms with Crippen molar-refractivity contribution >= 4 is 5.97 Å². The molecule has 0 aliphatic heterocycles. The van der Waals surface area contributed by atoms with Gasteiger partial charge in [-0.25, -0.2) is 4.79 Å². The van der Waals surface area contributed by atoms with Crippen molar-refractivity contribution in [2.75, 3.05) is 6.61 Å². The fraction of sp³-hybridized carbons (Fsp3) is 0.182. The molecule has 6 heteroatoms. The summed E-state index contributed by atoms with van der Waals surface area (Å²) in [6.45, 7) is 1.94. The summed E-state index contributed by atoms with van der Waals surface area (Å²) in [5.74, 6) is -0.420. The van der Waals surface area contributed by atoms with Crippen molar-refractivity contribution in [3.05, 3.63) is 30.2 Å². The van der Waals surface area contributed by atoms with E-state index in [1.165, 1.54) is 12.1 Å². The van der Waals surface area contributed by atoms with E-state index < -0.39 is 5.97 Å². The minimum atomic E-state index is -0.648. The second-order valence-corrected chi connectivity index (χ2v) is 3.19. The summed E-state index contributed by atoms with van der Waals surface area (Å²) in [4.78, 5) is 15.2. The molecule has 0 aliphatic carbocycles. The van der Waals surface area contributed by atoms with Crippen molar-refractivity contribution in [1.82, 2.24) is 10.1 Å². The number of hydrogen-bond donors (Lipinski definition) is 1. The number of carbonyl (C=O) groups is 1. The quantitative estimate of drug-likeness (QED) is 0.812. The van der Waals surface area contributed by atoms with Gasteiger partial charge in [-0.2, -0.15) is 4.98 Å². The highest BCUT2D eigenvalue weighted by Crippen LogP contribution is 2.19. The van der Waals surface area contributed by atoms with Crippen LogP contribution in [0, 0.1) is 0 Å². The van der Waals surface area contributed by atoms with Gasteiger partial charge in [0, 0.05) is 5.56 Å². The number of ether oxygens (including phenoxy) is 1.